The largest absolute Gasteiger partial charge is 0.466 e. The summed E-state index contributed by atoms with van der Waals surface area (Å²) in [5.41, 5.74) is 2.45. The molecule has 3 heterocycles. The first-order valence-corrected chi connectivity index (χ1v) is 9.57. The van der Waals surface area contributed by atoms with E-state index in [-0.39, 0.29) is 11.9 Å². The predicted molar refractivity (Wildman–Crippen MR) is 105 cm³/mol. The van der Waals surface area contributed by atoms with E-state index in [0.717, 1.165) is 35.6 Å². The number of anilines is 1. The Morgan fingerprint density at radius 2 is 1.96 bits per heavy atom. The quantitative estimate of drug-likeness (QED) is 0.752. The number of esters is 1. The molecule has 1 atom stereocenters. The summed E-state index contributed by atoms with van der Waals surface area (Å²) in [5, 5.41) is 0. The van der Waals surface area contributed by atoms with E-state index in [1.807, 2.05) is 32.9 Å². The summed E-state index contributed by atoms with van der Waals surface area (Å²) in [6, 6.07) is 3.82. The maximum atomic E-state index is 12.7. The average Bonchev–Trinajstić information content (AvgIpc) is 3.11. The van der Waals surface area contributed by atoms with Gasteiger partial charge in [0.1, 0.15) is 5.82 Å². The van der Waals surface area contributed by atoms with Crippen LogP contribution in [0, 0.1) is 25.2 Å². The van der Waals surface area contributed by atoms with Gasteiger partial charge in [-0.15, -0.1) is 0 Å². The summed E-state index contributed by atoms with van der Waals surface area (Å²) >= 11 is 0. The minimum absolute atomic E-state index is 0.0970. The van der Waals surface area contributed by atoms with Gasteiger partial charge in [0.25, 0.3) is 0 Å². The van der Waals surface area contributed by atoms with Crippen LogP contribution in [0.25, 0.3) is 11.4 Å². The molecule has 0 bridgehead atoms. The van der Waals surface area contributed by atoms with Crippen LogP contribution in [0.1, 0.15) is 38.4 Å². The molecule has 1 unspecified atom stereocenters. The number of aromatic nitrogens is 3. The van der Waals surface area contributed by atoms with Crippen LogP contribution in [-0.4, -0.2) is 40.6 Å². The monoisotopic (exact) mass is 368 g/mol. The zero-order valence-electron chi connectivity index (χ0n) is 16.8. The molecule has 0 aromatic carbocycles. The maximum absolute atomic E-state index is 12.7. The molecular weight excluding hydrogens is 340 g/mol. The SMILES string of the molecule is CCOC(=O)C1(C(C)C)CCN(c2nc(-c3ccncc3)nc(C)c2C)C1. The molecule has 1 saturated heterocycles. The van der Waals surface area contributed by atoms with Crippen molar-refractivity contribution >= 4 is 11.8 Å². The van der Waals surface area contributed by atoms with Crippen molar-refractivity contribution in [2.75, 3.05) is 24.6 Å². The third-order valence-corrected chi connectivity index (χ3v) is 5.69. The van der Waals surface area contributed by atoms with Gasteiger partial charge in [0, 0.05) is 42.3 Å². The van der Waals surface area contributed by atoms with Crippen LogP contribution in [0.15, 0.2) is 24.5 Å². The molecule has 6 heteroatoms. The highest BCUT2D eigenvalue weighted by atomic mass is 16.5. The fourth-order valence-electron chi connectivity index (χ4n) is 3.71. The van der Waals surface area contributed by atoms with Crippen molar-refractivity contribution < 1.29 is 9.53 Å². The Bertz CT molecular complexity index is 822. The molecule has 144 valence electrons. The van der Waals surface area contributed by atoms with Crippen LogP contribution in [0.5, 0.6) is 0 Å². The number of rotatable bonds is 5. The van der Waals surface area contributed by atoms with Crippen molar-refractivity contribution in [3.63, 3.8) is 0 Å². The summed E-state index contributed by atoms with van der Waals surface area (Å²) in [5.74, 6) is 1.69. The van der Waals surface area contributed by atoms with Crippen LogP contribution in [0.2, 0.25) is 0 Å². The Morgan fingerprint density at radius 1 is 1.26 bits per heavy atom. The molecule has 0 N–H and O–H groups in total. The molecule has 0 amide bonds. The van der Waals surface area contributed by atoms with Crippen LogP contribution in [0.3, 0.4) is 0 Å². The minimum Gasteiger partial charge on any atom is -0.466 e. The summed E-state index contributed by atoms with van der Waals surface area (Å²) in [6.45, 7) is 11.9. The minimum atomic E-state index is -0.488. The first-order valence-electron chi connectivity index (χ1n) is 9.57. The van der Waals surface area contributed by atoms with Gasteiger partial charge in [-0.2, -0.15) is 0 Å². The van der Waals surface area contributed by atoms with E-state index in [4.69, 9.17) is 9.72 Å². The fourth-order valence-corrected chi connectivity index (χ4v) is 3.71. The zero-order valence-corrected chi connectivity index (χ0v) is 16.8. The van der Waals surface area contributed by atoms with E-state index >= 15 is 0 Å². The highest BCUT2D eigenvalue weighted by Crippen LogP contribution is 2.41. The Labute approximate surface area is 161 Å². The lowest BCUT2D eigenvalue weighted by atomic mass is 9.76. The first kappa shape index (κ1) is 19.3. The van der Waals surface area contributed by atoms with Crippen molar-refractivity contribution in [1.29, 1.82) is 0 Å². The lowest BCUT2D eigenvalue weighted by Crippen LogP contribution is -2.41. The van der Waals surface area contributed by atoms with E-state index in [1.54, 1.807) is 12.4 Å². The number of ether oxygens (including phenoxy) is 1. The number of hydrogen-bond donors (Lipinski definition) is 0. The van der Waals surface area contributed by atoms with Crippen molar-refractivity contribution in [2.24, 2.45) is 11.3 Å². The highest BCUT2D eigenvalue weighted by Gasteiger charge is 2.49. The summed E-state index contributed by atoms with van der Waals surface area (Å²) in [4.78, 5) is 28.5. The van der Waals surface area contributed by atoms with Gasteiger partial charge in [-0.3, -0.25) is 9.78 Å². The van der Waals surface area contributed by atoms with Gasteiger partial charge in [-0.1, -0.05) is 13.8 Å². The third kappa shape index (κ3) is 3.53. The predicted octanol–water partition coefficient (Wildman–Crippen LogP) is 3.57. The number of pyridine rings is 1. The molecular formula is C21H28N4O2. The Morgan fingerprint density at radius 3 is 2.59 bits per heavy atom. The van der Waals surface area contributed by atoms with E-state index in [9.17, 15) is 4.79 Å². The number of hydrogen-bond acceptors (Lipinski definition) is 6. The molecule has 0 saturated carbocycles. The fraction of sp³-hybridized carbons (Fsp3) is 0.524. The van der Waals surface area contributed by atoms with Gasteiger partial charge in [-0.25, -0.2) is 9.97 Å². The van der Waals surface area contributed by atoms with Gasteiger partial charge in [0.2, 0.25) is 0 Å². The van der Waals surface area contributed by atoms with Crippen LogP contribution in [-0.2, 0) is 9.53 Å². The third-order valence-electron chi connectivity index (χ3n) is 5.69. The van der Waals surface area contributed by atoms with Crippen LogP contribution < -0.4 is 4.90 Å². The lowest BCUT2D eigenvalue weighted by Gasteiger charge is -2.31. The average molecular weight is 368 g/mol. The Kier molecular flexibility index (Phi) is 5.44. The van der Waals surface area contributed by atoms with Crippen molar-refractivity contribution in [3.05, 3.63) is 35.8 Å². The van der Waals surface area contributed by atoms with Crippen molar-refractivity contribution in [2.45, 2.75) is 41.0 Å². The van der Waals surface area contributed by atoms with Crippen LogP contribution in [0.4, 0.5) is 5.82 Å². The molecule has 1 fully saturated rings. The van der Waals surface area contributed by atoms with E-state index < -0.39 is 5.41 Å². The van der Waals surface area contributed by atoms with E-state index in [2.05, 4.69) is 28.7 Å². The number of carbonyl (C=O) groups is 1. The van der Waals surface area contributed by atoms with Crippen molar-refractivity contribution in [3.8, 4) is 11.4 Å². The number of aryl methyl sites for hydroxylation is 1. The number of nitrogens with zero attached hydrogens (tertiary/aromatic N) is 4. The normalized spacial score (nSPS) is 19.6. The van der Waals surface area contributed by atoms with Gasteiger partial charge in [-0.05, 0) is 45.2 Å². The smallest absolute Gasteiger partial charge is 0.314 e. The van der Waals surface area contributed by atoms with Crippen molar-refractivity contribution in [1.82, 2.24) is 15.0 Å². The first-order chi connectivity index (χ1) is 12.9. The second-order valence-corrected chi connectivity index (χ2v) is 7.52. The van der Waals surface area contributed by atoms with Crippen LogP contribution >= 0.6 is 0 Å². The summed E-state index contributed by atoms with van der Waals surface area (Å²) in [7, 11) is 0. The molecule has 27 heavy (non-hydrogen) atoms. The molecule has 2 aromatic rings. The topological polar surface area (TPSA) is 68.2 Å². The molecule has 1 aliphatic heterocycles. The van der Waals surface area contributed by atoms with E-state index in [1.165, 1.54) is 0 Å². The highest BCUT2D eigenvalue weighted by molar-refractivity contribution is 5.79. The maximum Gasteiger partial charge on any atom is 0.314 e. The van der Waals surface area contributed by atoms with Gasteiger partial charge in [0.05, 0.1) is 12.0 Å². The molecule has 2 aromatic heterocycles. The molecule has 0 radical (unpaired) electrons. The summed E-state index contributed by atoms with van der Waals surface area (Å²) < 4.78 is 5.42. The number of carbonyl (C=O) groups excluding carboxylic acids is 1. The van der Waals surface area contributed by atoms with Gasteiger partial charge in [0.15, 0.2) is 5.82 Å². The molecule has 1 aliphatic rings. The molecule has 6 nitrogen and oxygen atoms in total. The second-order valence-electron chi connectivity index (χ2n) is 7.52. The molecule has 0 spiro atoms. The Hall–Kier alpha value is -2.50. The molecule has 0 aliphatic carbocycles. The van der Waals surface area contributed by atoms with Gasteiger partial charge < -0.3 is 9.64 Å². The molecule has 3 rings (SSSR count). The standard InChI is InChI=1S/C21H28N4O2/c1-6-27-20(26)21(14(2)3)9-12-25(13-21)19-15(4)16(5)23-18(24-19)17-7-10-22-11-8-17/h7-8,10-11,14H,6,9,12-13H2,1-5H3. The summed E-state index contributed by atoms with van der Waals surface area (Å²) in [6.07, 6.45) is 4.26. The second kappa shape index (κ2) is 7.62. The zero-order chi connectivity index (χ0) is 19.6. The Balaban J connectivity index is 1.97. The van der Waals surface area contributed by atoms with Gasteiger partial charge >= 0.3 is 5.97 Å². The lowest BCUT2D eigenvalue weighted by molar-refractivity contribution is -0.156. The van der Waals surface area contributed by atoms with E-state index in [0.29, 0.717) is 19.0 Å².